The quantitative estimate of drug-likeness (QED) is 0.316. The van der Waals surface area contributed by atoms with Gasteiger partial charge >= 0.3 is 0 Å². The highest BCUT2D eigenvalue weighted by Crippen LogP contribution is 2.34. The zero-order valence-corrected chi connectivity index (χ0v) is 20.8. The van der Waals surface area contributed by atoms with Crippen molar-refractivity contribution >= 4 is 0 Å². The van der Waals surface area contributed by atoms with E-state index in [0.717, 1.165) is 29.7 Å². The molecule has 1 N–H and O–H groups in total. The third-order valence-electron chi connectivity index (χ3n) is 5.58. The van der Waals surface area contributed by atoms with Gasteiger partial charge in [-0.05, 0) is 30.7 Å². The van der Waals surface area contributed by atoms with Crippen LogP contribution in [0.3, 0.4) is 0 Å². The van der Waals surface area contributed by atoms with Crippen molar-refractivity contribution in [2.75, 3.05) is 40.0 Å². The molecule has 190 valence electrons. The largest absolute Gasteiger partial charge is 0.439 e. The Morgan fingerprint density at radius 2 is 1.83 bits per heavy atom. The number of halogens is 1. The average molecular weight is 486 g/mol. The third kappa shape index (κ3) is 8.14. The van der Waals surface area contributed by atoms with Gasteiger partial charge in [-0.2, -0.15) is 5.10 Å². The molecule has 0 amide bonds. The van der Waals surface area contributed by atoms with E-state index in [0.29, 0.717) is 44.5 Å². The molecule has 0 aliphatic carbocycles. The Morgan fingerprint density at radius 3 is 2.51 bits per heavy atom. The lowest BCUT2D eigenvalue weighted by Crippen LogP contribution is -2.36. The molecule has 35 heavy (non-hydrogen) atoms. The van der Waals surface area contributed by atoms with Crippen molar-refractivity contribution in [1.29, 1.82) is 0 Å². The van der Waals surface area contributed by atoms with E-state index in [2.05, 4.69) is 11.8 Å². The molecule has 8 heteroatoms. The van der Waals surface area contributed by atoms with Gasteiger partial charge in [-0.1, -0.05) is 43.7 Å². The van der Waals surface area contributed by atoms with Crippen molar-refractivity contribution in [3.63, 3.8) is 0 Å². The standard InChI is InChI=1S/C27H36FN3O4/c1-4-5-16-34-20-23(32)18-31(15-17-33-3)19-25-26(21-9-7-6-8-10-21)29-30(2)27(25)35-24-13-11-22(28)12-14-24/h6-14,23,32H,4-5,15-20H2,1-3H3/t23-/m1/s1. The molecule has 0 bridgehead atoms. The summed E-state index contributed by atoms with van der Waals surface area (Å²) >= 11 is 0. The number of rotatable bonds is 15. The number of aliphatic hydroxyl groups excluding tert-OH is 1. The van der Waals surface area contributed by atoms with Gasteiger partial charge < -0.3 is 19.3 Å². The molecule has 3 aromatic rings. The third-order valence-corrected chi connectivity index (χ3v) is 5.58. The summed E-state index contributed by atoms with van der Waals surface area (Å²) in [5, 5.41) is 15.4. The van der Waals surface area contributed by atoms with Crippen LogP contribution >= 0.6 is 0 Å². The maximum atomic E-state index is 13.4. The van der Waals surface area contributed by atoms with Crippen molar-refractivity contribution in [3.8, 4) is 22.9 Å². The fourth-order valence-corrected chi connectivity index (χ4v) is 3.76. The van der Waals surface area contributed by atoms with Crippen molar-refractivity contribution < 1.29 is 23.7 Å². The number of unbranched alkanes of at least 4 members (excludes halogenated alkanes) is 1. The van der Waals surface area contributed by atoms with Gasteiger partial charge in [0.25, 0.3) is 0 Å². The molecular weight excluding hydrogens is 449 g/mol. The predicted octanol–water partition coefficient (Wildman–Crippen LogP) is 4.64. The summed E-state index contributed by atoms with van der Waals surface area (Å²) < 4.78 is 32.3. The van der Waals surface area contributed by atoms with E-state index in [4.69, 9.17) is 19.3 Å². The maximum absolute atomic E-state index is 13.4. The molecule has 1 aromatic heterocycles. The Labute approximate surface area is 207 Å². The van der Waals surface area contributed by atoms with E-state index in [-0.39, 0.29) is 12.4 Å². The topological polar surface area (TPSA) is 69.0 Å². The van der Waals surface area contributed by atoms with Crippen LogP contribution in [0.25, 0.3) is 11.3 Å². The summed E-state index contributed by atoms with van der Waals surface area (Å²) in [5.74, 6) is 0.753. The van der Waals surface area contributed by atoms with E-state index in [9.17, 15) is 9.50 Å². The molecule has 0 aliphatic rings. The van der Waals surface area contributed by atoms with Crippen molar-refractivity contribution in [2.45, 2.75) is 32.4 Å². The molecule has 0 fully saturated rings. The first-order chi connectivity index (χ1) is 17.0. The van der Waals surface area contributed by atoms with E-state index >= 15 is 0 Å². The molecule has 1 atom stereocenters. The number of hydrogen-bond acceptors (Lipinski definition) is 6. The van der Waals surface area contributed by atoms with Crippen LogP contribution in [0, 0.1) is 5.82 Å². The van der Waals surface area contributed by atoms with Gasteiger partial charge in [0.1, 0.15) is 17.3 Å². The number of aliphatic hydroxyl groups is 1. The monoisotopic (exact) mass is 485 g/mol. The Hall–Kier alpha value is -2.78. The number of ether oxygens (including phenoxy) is 3. The summed E-state index contributed by atoms with van der Waals surface area (Å²) in [5.41, 5.74) is 2.63. The van der Waals surface area contributed by atoms with E-state index in [1.54, 1.807) is 23.9 Å². The highest BCUT2D eigenvalue weighted by atomic mass is 19.1. The predicted molar refractivity (Wildman–Crippen MR) is 134 cm³/mol. The molecule has 2 aromatic carbocycles. The van der Waals surface area contributed by atoms with E-state index < -0.39 is 6.10 Å². The fourth-order valence-electron chi connectivity index (χ4n) is 3.76. The van der Waals surface area contributed by atoms with Crippen LogP contribution in [-0.2, 0) is 23.1 Å². The highest BCUT2D eigenvalue weighted by molar-refractivity contribution is 5.65. The molecule has 0 aliphatic heterocycles. The van der Waals surface area contributed by atoms with Gasteiger partial charge in [-0.25, -0.2) is 9.07 Å². The van der Waals surface area contributed by atoms with Gasteiger partial charge in [0, 0.05) is 46.0 Å². The minimum absolute atomic E-state index is 0.279. The van der Waals surface area contributed by atoms with Crippen LogP contribution in [0.1, 0.15) is 25.3 Å². The Kier molecular flexibility index (Phi) is 10.7. The lowest BCUT2D eigenvalue weighted by atomic mass is 10.1. The van der Waals surface area contributed by atoms with Crippen LogP contribution in [0.15, 0.2) is 54.6 Å². The Balaban J connectivity index is 1.88. The SMILES string of the molecule is CCCCOC[C@H](O)CN(CCOC)Cc1c(-c2ccccc2)nn(C)c1Oc1ccc(F)cc1. The Bertz CT molecular complexity index is 1010. The lowest BCUT2D eigenvalue weighted by molar-refractivity contribution is 0.0101. The second-order valence-corrected chi connectivity index (χ2v) is 8.49. The molecule has 0 unspecified atom stereocenters. The zero-order valence-electron chi connectivity index (χ0n) is 20.8. The summed E-state index contributed by atoms with van der Waals surface area (Å²) in [7, 11) is 3.48. The summed E-state index contributed by atoms with van der Waals surface area (Å²) in [6.45, 7) is 5.04. The summed E-state index contributed by atoms with van der Waals surface area (Å²) in [6.07, 6.45) is 1.39. The molecule has 0 saturated heterocycles. The minimum atomic E-state index is -0.637. The average Bonchev–Trinajstić information content (AvgIpc) is 3.17. The second kappa shape index (κ2) is 13.9. The number of benzene rings is 2. The molecule has 0 spiro atoms. The smallest absolute Gasteiger partial charge is 0.222 e. The highest BCUT2D eigenvalue weighted by Gasteiger charge is 2.23. The van der Waals surface area contributed by atoms with Crippen molar-refractivity contribution in [3.05, 3.63) is 66.0 Å². The van der Waals surface area contributed by atoms with Crippen LogP contribution in [0.2, 0.25) is 0 Å². The Morgan fingerprint density at radius 1 is 1.09 bits per heavy atom. The summed E-state index contributed by atoms with van der Waals surface area (Å²) in [6, 6.07) is 15.8. The van der Waals surface area contributed by atoms with Gasteiger partial charge in [0.15, 0.2) is 0 Å². The van der Waals surface area contributed by atoms with Crippen molar-refractivity contribution in [2.24, 2.45) is 7.05 Å². The van der Waals surface area contributed by atoms with E-state index in [1.807, 2.05) is 37.4 Å². The maximum Gasteiger partial charge on any atom is 0.222 e. The second-order valence-electron chi connectivity index (χ2n) is 8.49. The molecule has 3 rings (SSSR count). The zero-order chi connectivity index (χ0) is 25.0. The van der Waals surface area contributed by atoms with Gasteiger partial charge in [0.2, 0.25) is 5.88 Å². The first kappa shape index (κ1) is 26.8. The first-order valence-corrected chi connectivity index (χ1v) is 12.0. The number of hydrogen-bond donors (Lipinski definition) is 1. The molecule has 1 heterocycles. The number of aryl methyl sites for hydroxylation is 1. The number of nitrogens with zero attached hydrogens (tertiary/aromatic N) is 3. The van der Waals surface area contributed by atoms with Crippen LogP contribution in [0.4, 0.5) is 4.39 Å². The number of methoxy groups -OCH3 is 1. The summed E-state index contributed by atoms with van der Waals surface area (Å²) in [4.78, 5) is 2.11. The van der Waals surface area contributed by atoms with E-state index in [1.165, 1.54) is 12.1 Å². The molecular formula is C27H36FN3O4. The minimum Gasteiger partial charge on any atom is -0.439 e. The van der Waals surface area contributed by atoms with Gasteiger partial charge in [0.05, 0.1) is 24.9 Å². The van der Waals surface area contributed by atoms with Crippen molar-refractivity contribution in [1.82, 2.24) is 14.7 Å². The molecule has 0 saturated carbocycles. The molecule has 7 nitrogen and oxygen atoms in total. The van der Waals surface area contributed by atoms with Crippen LogP contribution in [0.5, 0.6) is 11.6 Å². The van der Waals surface area contributed by atoms with Crippen LogP contribution in [-0.4, -0.2) is 65.9 Å². The van der Waals surface area contributed by atoms with Gasteiger partial charge in [-0.3, -0.25) is 4.90 Å². The fraction of sp³-hybridized carbons (Fsp3) is 0.444. The molecule has 0 radical (unpaired) electrons. The number of aromatic nitrogens is 2. The first-order valence-electron chi connectivity index (χ1n) is 12.0. The normalized spacial score (nSPS) is 12.3. The van der Waals surface area contributed by atoms with Crippen LogP contribution < -0.4 is 4.74 Å². The van der Waals surface area contributed by atoms with Gasteiger partial charge in [-0.15, -0.1) is 0 Å². The lowest BCUT2D eigenvalue weighted by Gasteiger charge is -2.25.